The van der Waals surface area contributed by atoms with Gasteiger partial charge in [-0.3, -0.25) is 4.79 Å². The molecule has 5 nitrogen and oxygen atoms in total. The third-order valence-corrected chi connectivity index (χ3v) is 4.66. The fourth-order valence-corrected chi connectivity index (χ4v) is 3.28. The van der Waals surface area contributed by atoms with Gasteiger partial charge >= 0.3 is 0 Å². The fraction of sp³-hybridized carbons (Fsp3) is 0.389. The number of halogens is 1. The first kappa shape index (κ1) is 16.7. The van der Waals surface area contributed by atoms with Gasteiger partial charge in [0.25, 0.3) is 5.91 Å². The van der Waals surface area contributed by atoms with E-state index in [4.69, 9.17) is 21.1 Å². The van der Waals surface area contributed by atoms with Gasteiger partial charge in [0.1, 0.15) is 11.5 Å². The average Bonchev–Trinajstić information content (AvgIpc) is 3.33. The van der Waals surface area contributed by atoms with Crippen molar-refractivity contribution in [2.75, 3.05) is 19.5 Å². The lowest BCUT2D eigenvalue weighted by atomic mass is 10.2. The minimum absolute atomic E-state index is 0.169. The highest BCUT2D eigenvalue weighted by molar-refractivity contribution is 6.32. The summed E-state index contributed by atoms with van der Waals surface area (Å²) in [6.45, 7) is 4.02. The quantitative estimate of drug-likeness (QED) is 0.873. The summed E-state index contributed by atoms with van der Waals surface area (Å²) < 4.78 is 12.8. The zero-order valence-corrected chi connectivity index (χ0v) is 15.0. The first-order valence-corrected chi connectivity index (χ1v) is 8.25. The van der Waals surface area contributed by atoms with Crippen molar-refractivity contribution < 1.29 is 14.3 Å². The summed E-state index contributed by atoms with van der Waals surface area (Å²) >= 11 is 6.10. The van der Waals surface area contributed by atoms with Crippen LogP contribution < -0.4 is 14.8 Å². The van der Waals surface area contributed by atoms with E-state index in [2.05, 4.69) is 9.88 Å². The number of rotatable bonds is 5. The van der Waals surface area contributed by atoms with Crippen LogP contribution in [0.15, 0.2) is 18.2 Å². The summed E-state index contributed by atoms with van der Waals surface area (Å²) in [6, 6.07) is 5.77. The lowest BCUT2D eigenvalue weighted by Crippen LogP contribution is -2.14. The van der Waals surface area contributed by atoms with Crippen molar-refractivity contribution in [3.63, 3.8) is 0 Å². The van der Waals surface area contributed by atoms with E-state index in [1.165, 1.54) is 27.1 Å². The molecule has 2 aromatic rings. The van der Waals surface area contributed by atoms with Crippen molar-refractivity contribution in [1.82, 2.24) is 4.57 Å². The highest BCUT2D eigenvalue weighted by Crippen LogP contribution is 2.39. The molecule has 0 aliphatic heterocycles. The van der Waals surface area contributed by atoms with Crippen molar-refractivity contribution in [1.29, 1.82) is 0 Å². The number of hydrogen-bond donors (Lipinski definition) is 1. The van der Waals surface area contributed by atoms with Gasteiger partial charge in [0.15, 0.2) is 0 Å². The number of hydrogen-bond acceptors (Lipinski definition) is 3. The zero-order valence-electron chi connectivity index (χ0n) is 14.3. The lowest BCUT2D eigenvalue weighted by molar-refractivity contribution is 0.102. The van der Waals surface area contributed by atoms with Crippen LogP contribution >= 0.6 is 11.6 Å². The number of carbonyl (C=O) groups is 1. The predicted molar refractivity (Wildman–Crippen MR) is 94.7 cm³/mol. The summed E-state index contributed by atoms with van der Waals surface area (Å²) in [4.78, 5) is 12.7. The molecular formula is C18H21ClN2O3. The number of benzene rings is 1. The standard InChI is InChI=1S/C18H21ClN2O3/c1-10-7-13(11(2)21(10)12-5-6-12)18(22)20-15-9-16(23-3)14(19)8-17(15)24-4/h7-9,12H,5-6H2,1-4H3,(H,20,22). The molecule has 0 unspecified atom stereocenters. The second kappa shape index (κ2) is 6.40. The monoisotopic (exact) mass is 348 g/mol. The fourth-order valence-electron chi connectivity index (χ4n) is 3.05. The minimum atomic E-state index is -0.169. The van der Waals surface area contributed by atoms with Gasteiger partial charge in [0.2, 0.25) is 0 Å². The van der Waals surface area contributed by atoms with Gasteiger partial charge in [-0.1, -0.05) is 11.6 Å². The van der Waals surface area contributed by atoms with Crippen LogP contribution in [-0.2, 0) is 0 Å². The van der Waals surface area contributed by atoms with Gasteiger partial charge < -0.3 is 19.4 Å². The molecule has 1 saturated carbocycles. The average molecular weight is 349 g/mol. The molecule has 0 bridgehead atoms. The number of carbonyl (C=O) groups excluding carboxylic acids is 1. The van der Waals surface area contributed by atoms with Gasteiger partial charge in [0.05, 0.1) is 30.5 Å². The number of amides is 1. The molecule has 1 heterocycles. The second-order valence-corrected chi connectivity index (χ2v) is 6.43. The summed E-state index contributed by atoms with van der Waals surface area (Å²) in [7, 11) is 3.06. The van der Waals surface area contributed by atoms with Gasteiger partial charge in [-0.25, -0.2) is 0 Å². The Bertz CT molecular complexity index is 794. The molecule has 0 atom stereocenters. The Balaban J connectivity index is 1.91. The number of methoxy groups -OCH3 is 2. The summed E-state index contributed by atoms with van der Waals surface area (Å²) in [5.41, 5.74) is 3.31. The van der Waals surface area contributed by atoms with E-state index in [-0.39, 0.29) is 5.91 Å². The number of nitrogens with one attached hydrogen (secondary N) is 1. The van der Waals surface area contributed by atoms with E-state index in [0.29, 0.717) is 33.8 Å². The molecule has 0 saturated heterocycles. The molecule has 1 aromatic heterocycles. The predicted octanol–water partition coefficient (Wildman–Crippen LogP) is 4.36. The third kappa shape index (κ3) is 2.96. The van der Waals surface area contributed by atoms with Crippen molar-refractivity contribution >= 4 is 23.2 Å². The molecule has 3 rings (SSSR count). The number of aryl methyl sites for hydroxylation is 1. The van der Waals surface area contributed by atoms with Crippen LogP contribution in [0.1, 0.15) is 40.6 Å². The Labute approximate surface area is 146 Å². The summed E-state index contributed by atoms with van der Waals surface area (Å²) in [5, 5.41) is 3.33. The number of anilines is 1. The first-order valence-electron chi connectivity index (χ1n) is 7.87. The highest BCUT2D eigenvalue weighted by Gasteiger charge is 2.28. The SMILES string of the molecule is COc1cc(NC(=O)c2cc(C)n(C3CC3)c2C)c(OC)cc1Cl. The summed E-state index contributed by atoms with van der Waals surface area (Å²) in [6.07, 6.45) is 2.36. The van der Waals surface area contributed by atoms with Crippen molar-refractivity contribution in [2.24, 2.45) is 0 Å². The van der Waals surface area contributed by atoms with E-state index in [9.17, 15) is 4.79 Å². The van der Waals surface area contributed by atoms with Gasteiger partial charge in [0, 0.05) is 29.6 Å². The maximum Gasteiger partial charge on any atom is 0.257 e. The van der Waals surface area contributed by atoms with Gasteiger partial charge in [-0.2, -0.15) is 0 Å². The largest absolute Gasteiger partial charge is 0.495 e. The van der Waals surface area contributed by atoms with Crippen LogP contribution in [0.2, 0.25) is 5.02 Å². The Morgan fingerprint density at radius 1 is 1.17 bits per heavy atom. The number of nitrogens with zero attached hydrogens (tertiary/aromatic N) is 1. The lowest BCUT2D eigenvalue weighted by Gasteiger charge is -2.13. The summed E-state index contributed by atoms with van der Waals surface area (Å²) in [5.74, 6) is 0.805. The zero-order chi connectivity index (χ0) is 17.4. The molecule has 1 aliphatic rings. The van der Waals surface area contributed by atoms with E-state index in [0.717, 1.165) is 11.4 Å². The van der Waals surface area contributed by atoms with Crippen LogP contribution in [0.25, 0.3) is 0 Å². The molecule has 1 fully saturated rings. The molecule has 6 heteroatoms. The molecular weight excluding hydrogens is 328 g/mol. The second-order valence-electron chi connectivity index (χ2n) is 6.03. The van der Waals surface area contributed by atoms with E-state index >= 15 is 0 Å². The molecule has 1 amide bonds. The third-order valence-electron chi connectivity index (χ3n) is 4.36. The smallest absolute Gasteiger partial charge is 0.257 e. The van der Waals surface area contributed by atoms with Crippen LogP contribution in [0.5, 0.6) is 11.5 Å². The molecule has 24 heavy (non-hydrogen) atoms. The van der Waals surface area contributed by atoms with E-state index < -0.39 is 0 Å². The molecule has 1 aliphatic carbocycles. The molecule has 1 N–H and O–H groups in total. The number of ether oxygens (including phenoxy) is 2. The van der Waals surface area contributed by atoms with E-state index in [1.54, 1.807) is 12.1 Å². The Kier molecular flexibility index (Phi) is 4.45. The number of aromatic nitrogens is 1. The van der Waals surface area contributed by atoms with Gasteiger partial charge in [-0.15, -0.1) is 0 Å². The van der Waals surface area contributed by atoms with Crippen molar-refractivity contribution in [2.45, 2.75) is 32.7 Å². The van der Waals surface area contributed by atoms with Crippen LogP contribution in [0, 0.1) is 13.8 Å². The Morgan fingerprint density at radius 2 is 1.83 bits per heavy atom. The maximum atomic E-state index is 12.7. The van der Waals surface area contributed by atoms with Gasteiger partial charge in [-0.05, 0) is 32.8 Å². The van der Waals surface area contributed by atoms with Crippen LogP contribution in [-0.4, -0.2) is 24.7 Å². The molecule has 0 spiro atoms. The minimum Gasteiger partial charge on any atom is -0.495 e. The Hall–Kier alpha value is -2.14. The Morgan fingerprint density at radius 3 is 2.42 bits per heavy atom. The molecule has 1 aromatic carbocycles. The van der Waals surface area contributed by atoms with Crippen LogP contribution in [0.4, 0.5) is 5.69 Å². The van der Waals surface area contributed by atoms with Crippen LogP contribution in [0.3, 0.4) is 0 Å². The first-order chi connectivity index (χ1) is 11.5. The topological polar surface area (TPSA) is 52.5 Å². The van der Waals surface area contributed by atoms with Crippen molar-refractivity contribution in [3.05, 3.63) is 40.2 Å². The van der Waals surface area contributed by atoms with Crippen molar-refractivity contribution in [3.8, 4) is 11.5 Å². The highest BCUT2D eigenvalue weighted by atomic mass is 35.5. The normalized spacial score (nSPS) is 13.7. The molecule has 128 valence electrons. The molecule has 0 radical (unpaired) electrons. The van der Waals surface area contributed by atoms with E-state index in [1.807, 2.05) is 19.9 Å². The maximum absolute atomic E-state index is 12.7.